The van der Waals surface area contributed by atoms with Gasteiger partial charge in [0.1, 0.15) is 5.82 Å². The second-order valence-electron chi connectivity index (χ2n) is 3.98. The molecule has 0 amide bonds. The van der Waals surface area contributed by atoms with Crippen molar-refractivity contribution in [1.29, 1.82) is 0 Å². The highest BCUT2D eigenvalue weighted by atomic mass is 16.3. The molecule has 0 aliphatic rings. The lowest BCUT2D eigenvalue weighted by atomic mass is 10.0. The predicted octanol–water partition coefficient (Wildman–Crippen LogP) is 1.68. The Kier molecular flexibility index (Phi) is 3.22. The Balaban J connectivity index is 2.24. The molecule has 2 rings (SSSR count). The summed E-state index contributed by atoms with van der Waals surface area (Å²) in [5.74, 6) is 0.872. The molecule has 1 unspecified atom stereocenters. The molecule has 4 heteroatoms. The number of fused-ring (bicyclic) bond motifs is 1. The van der Waals surface area contributed by atoms with Crippen LogP contribution in [0.2, 0.25) is 0 Å². The summed E-state index contributed by atoms with van der Waals surface area (Å²) in [5.41, 5.74) is 2.72. The number of hydrogen-bond acceptors (Lipinski definition) is 3. The Morgan fingerprint density at radius 3 is 3.00 bits per heavy atom. The summed E-state index contributed by atoms with van der Waals surface area (Å²) in [7, 11) is 0. The van der Waals surface area contributed by atoms with E-state index < -0.39 is 6.10 Å². The number of aromatic nitrogens is 2. The van der Waals surface area contributed by atoms with Gasteiger partial charge in [0.15, 0.2) is 0 Å². The maximum Gasteiger partial charge on any atom is 0.104 e. The number of nitrogens with one attached hydrogen (secondary N) is 1. The van der Waals surface area contributed by atoms with Gasteiger partial charge in [0.05, 0.1) is 17.1 Å². The maximum absolute atomic E-state index is 9.87. The zero-order chi connectivity index (χ0) is 11.5. The SMILES string of the molecule is Cc1nc2ccc(C(O)CCCO)cc2[nH]1. The molecule has 0 saturated heterocycles. The van der Waals surface area contributed by atoms with Gasteiger partial charge in [0, 0.05) is 6.61 Å². The molecule has 1 aromatic heterocycles. The Morgan fingerprint density at radius 2 is 2.25 bits per heavy atom. The lowest BCUT2D eigenvalue weighted by Gasteiger charge is -2.09. The number of aliphatic hydroxyl groups excluding tert-OH is 2. The van der Waals surface area contributed by atoms with Crippen LogP contribution >= 0.6 is 0 Å². The number of hydrogen-bond donors (Lipinski definition) is 3. The van der Waals surface area contributed by atoms with Gasteiger partial charge in [0.25, 0.3) is 0 Å². The van der Waals surface area contributed by atoms with Crippen molar-refractivity contribution in [2.45, 2.75) is 25.9 Å². The van der Waals surface area contributed by atoms with Gasteiger partial charge in [-0.3, -0.25) is 0 Å². The molecule has 86 valence electrons. The van der Waals surface area contributed by atoms with E-state index in [2.05, 4.69) is 9.97 Å². The molecular weight excluding hydrogens is 204 g/mol. The fraction of sp³-hybridized carbons (Fsp3) is 0.417. The fourth-order valence-electron chi connectivity index (χ4n) is 1.81. The predicted molar refractivity (Wildman–Crippen MR) is 62.1 cm³/mol. The van der Waals surface area contributed by atoms with Crippen molar-refractivity contribution < 1.29 is 10.2 Å². The van der Waals surface area contributed by atoms with Gasteiger partial charge in [-0.2, -0.15) is 0 Å². The van der Waals surface area contributed by atoms with E-state index in [4.69, 9.17) is 5.11 Å². The minimum absolute atomic E-state index is 0.114. The van der Waals surface area contributed by atoms with Crippen LogP contribution in [0.1, 0.15) is 30.3 Å². The minimum Gasteiger partial charge on any atom is -0.396 e. The topological polar surface area (TPSA) is 69.1 Å². The summed E-state index contributed by atoms with van der Waals surface area (Å²) in [6, 6.07) is 5.69. The van der Waals surface area contributed by atoms with E-state index in [0.717, 1.165) is 22.4 Å². The number of aliphatic hydroxyl groups is 2. The van der Waals surface area contributed by atoms with Crippen LogP contribution in [-0.2, 0) is 0 Å². The molecule has 0 spiro atoms. The van der Waals surface area contributed by atoms with Crippen molar-refractivity contribution in [3.05, 3.63) is 29.6 Å². The van der Waals surface area contributed by atoms with Crippen LogP contribution in [-0.4, -0.2) is 26.8 Å². The van der Waals surface area contributed by atoms with Crippen molar-refractivity contribution in [2.75, 3.05) is 6.61 Å². The first-order valence-corrected chi connectivity index (χ1v) is 5.46. The largest absolute Gasteiger partial charge is 0.396 e. The molecular formula is C12H16N2O2. The van der Waals surface area contributed by atoms with Gasteiger partial charge < -0.3 is 15.2 Å². The second kappa shape index (κ2) is 4.63. The van der Waals surface area contributed by atoms with Gasteiger partial charge in [-0.15, -0.1) is 0 Å². The first-order valence-electron chi connectivity index (χ1n) is 5.46. The summed E-state index contributed by atoms with van der Waals surface area (Å²) in [6.07, 6.45) is 0.677. The number of aromatic amines is 1. The van der Waals surface area contributed by atoms with Gasteiger partial charge in [-0.05, 0) is 37.5 Å². The van der Waals surface area contributed by atoms with Crippen molar-refractivity contribution in [2.24, 2.45) is 0 Å². The Bertz CT molecular complexity index is 479. The summed E-state index contributed by atoms with van der Waals surface area (Å²) in [4.78, 5) is 7.44. The molecule has 0 fully saturated rings. The molecule has 0 saturated carbocycles. The van der Waals surface area contributed by atoms with E-state index in [1.54, 1.807) is 0 Å². The number of nitrogens with zero attached hydrogens (tertiary/aromatic N) is 1. The fourth-order valence-corrected chi connectivity index (χ4v) is 1.81. The number of imidazole rings is 1. The smallest absolute Gasteiger partial charge is 0.104 e. The van der Waals surface area contributed by atoms with E-state index in [1.165, 1.54) is 0 Å². The lowest BCUT2D eigenvalue weighted by molar-refractivity contribution is 0.152. The summed E-state index contributed by atoms with van der Waals surface area (Å²) in [6.45, 7) is 2.02. The second-order valence-corrected chi connectivity index (χ2v) is 3.98. The molecule has 1 heterocycles. The molecule has 1 atom stereocenters. The highest BCUT2D eigenvalue weighted by Gasteiger charge is 2.08. The zero-order valence-corrected chi connectivity index (χ0v) is 9.27. The highest BCUT2D eigenvalue weighted by Crippen LogP contribution is 2.22. The quantitative estimate of drug-likeness (QED) is 0.734. The molecule has 3 N–H and O–H groups in total. The van der Waals surface area contributed by atoms with Crippen LogP contribution in [0, 0.1) is 6.92 Å². The number of aryl methyl sites for hydroxylation is 1. The average Bonchev–Trinajstić information content (AvgIpc) is 2.64. The third-order valence-electron chi connectivity index (χ3n) is 2.64. The van der Waals surface area contributed by atoms with Crippen molar-refractivity contribution >= 4 is 11.0 Å². The molecule has 16 heavy (non-hydrogen) atoms. The van der Waals surface area contributed by atoms with E-state index in [1.807, 2.05) is 25.1 Å². The van der Waals surface area contributed by atoms with E-state index in [0.29, 0.717) is 12.8 Å². The van der Waals surface area contributed by atoms with E-state index in [9.17, 15) is 5.11 Å². The molecule has 4 nitrogen and oxygen atoms in total. The van der Waals surface area contributed by atoms with Crippen LogP contribution in [0.3, 0.4) is 0 Å². The van der Waals surface area contributed by atoms with Crippen molar-refractivity contribution in [3.63, 3.8) is 0 Å². The minimum atomic E-state index is -0.514. The number of H-pyrrole nitrogens is 1. The first kappa shape index (κ1) is 11.1. The van der Waals surface area contributed by atoms with Crippen LogP contribution in [0.15, 0.2) is 18.2 Å². The molecule has 1 aromatic carbocycles. The average molecular weight is 220 g/mol. The van der Waals surface area contributed by atoms with Gasteiger partial charge >= 0.3 is 0 Å². The summed E-state index contributed by atoms with van der Waals surface area (Å²) in [5, 5.41) is 18.6. The third-order valence-corrected chi connectivity index (χ3v) is 2.64. The normalized spacial score (nSPS) is 13.2. The van der Waals surface area contributed by atoms with Crippen molar-refractivity contribution in [1.82, 2.24) is 9.97 Å². The monoisotopic (exact) mass is 220 g/mol. The summed E-state index contributed by atoms with van der Waals surface area (Å²) < 4.78 is 0. The highest BCUT2D eigenvalue weighted by molar-refractivity contribution is 5.75. The van der Waals surface area contributed by atoms with Crippen molar-refractivity contribution in [3.8, 4) is 0 Å². The Morgan fingerprint density at radius 1 is 1.44 bits per heavy atom. The van der Waals surface area contributed by atoms with Gasteiger partial charge in [0.2, 0.25) is 0 Å². The summed E-state index contributed by atoms with van der Waals surface area (Å²) >= 11 is 0. The van der Waals surface area contributed by atoms with E-state index >= 15 is 0 Å². The van der Waals surface area contributed by atoms with Crippen LogP contribution in [0.25, 0.3) is 11.0 Å². The van der Waals surface area contributed by atoms with Crippen LogP contribution < -0.4 is 0 Å². The third kappa shape index (κ3) is 2.23. The number of rotatable bonds is 4. The molecule has 2 aromatic rings. The van der Waals surface area contributed by atoms with Gasteiger partial charge in [-0.1, -0.05) is 6.07 Å². The van der Waals surface area contributed by atoms with E-state index in [-0.39, 0.29) is 6.61 Å². The molecule has 0 aliphatic heterocycles. The standard InChI is InChI=1S/C12H16N2O2/c1-8-13-10-5-4-9(7-11(10)14-8)12(16)3-2-6-15/h4-5,7,12,15-16H,2-3,6H2,1H3,(H,13,14). The van der Waals surface area contributed by atoms with Crippen LogP contribution in [0.5, 0.6) is 0 Å². The molecule has 0 bridgehead atoms. The zero-order valence-electron chi connectivity index (χ0n) is 9.27. The van der Waals surface area contributed by atoms with Crippen LogP contribution in [0.4, 0.5) is 0 Å². The first-order chi connectivity index (χ1) is 7.70. The molecule has 0 aliphatic carbocycles. The Labute approximate surface area is 94.0 Å². The number of benzene rings is 1. The Hall–Kier alpha value is -1.39. The maximum atomic E-state index is 9.87. The molecule has 0 radical (unpaired) electrons. The lowest BCUT2D eigenvalue weighted by Crippen LogP contribution is -1.98. The van der Waals surface area contributed by atoms with Gasteiger partial charge in [-0.25, -0.2) is 4.98 Å².